The van der Waals surface area contributed by atoms with Gasteiger partial charge in [-0.05, 0) is 24.6 Å². The van der Waals surface area contributed by atoms with Gasteiger partial charge in [0.15, 0.2) is 0 Å². The van der Waals surface area contributed by atoms with Crippen molar-refractivity contribution in [2.45, 2.75) is 13.0 Å². The number of ether oxygens (including phenoxy) is 1. The van der Waals surface area contributed by atoms with Crippen LogP contribution < -0.4 is 5.32 Å². The molecule has 1 atom stereocenters. The predicted octanol–water partition coefficient (Wildman–Crippen LogP) is 2.06. The molecule has 0 aliphatic carbocycles. The summed E-state index contributed by atoms with van der Waals surface area (Å²) in [7, 11) is 0. The number of hydrogen-bond acceptors (Lipinski definition) is 4. The summed E-state index contributed by atoms with van der Waals surface area (Å²) in [6.07, 6.45) is 0. The molecule has 0 unspecified atom stereocenters. The van der Waals surface area contributed by atoms with Crippen LogP contribution in [0.15, 0.2) is 24.3 Å². The van der Waals surface area contributed by atoms with E-state index in [0.29, 0.717) is 11.6 Å². The minimum Gasteiger partial charge on any atom is -0.465 e. The van der Waals surface area contributed by atoms with Crippen LogP contribution in [0.2, 0.25) is 5.02 Å². The Labute approximate surface area is 105 Å². The fourth-order valence-electron chi connectivity index (χ4n) is 1.29. The number of rotatable bonds is 5. The zero-order valence-electron chi connectivity index (χ0n) is 9.44. The molecule has 0 saturated carbocycles. The Morgan fingerprint density at radius 1 is 1.53 bits per heavy atom. The summed E-state index contributed by atoms with van der Waals surface area (Å²) in [5, 5.41) is 12.4. The second kappa shape index (κ2) is 6.89. The van der Waals surface area contributed by atoms with Crippen LogP contribution in [-0.2, 0) is 9.53 Å². The van der Waals surface area contributed by atoms with E-state index in [4.69, 9.17) is 21.6 Å². The van der Waals surface area contributed by atoms with E-state index < -0.39 is 6.04 Å². The molecule has 4 nitrogen and oxygen atoms in total. The number of carbonyl (C=O) groups is 1. The van der Waals surface area contributed by atoms with Gasteiger partial charge in [-0.15, -0.1) is 0 Å². The molecule has 1 N–H and O–H groups in total. The average Bonchev–Trinajstić information content (AvgIpc) is 2.32. The van der Waals surface area contributed by atoms with E-state index in [2.05, 4.69) is 11.4 Å². The lowest BCUT2D eigenvalue weighted by atomic mass is 10.1. The summed E-state index contributed by atoms with van der Waals surface area (Å²) in [5.74, 6) is -0.373. The molecule has 0 heterocycles. The van der Waals surface area contributed by atoms with Gasteiger partial charge in [0, 0.05) is 5.02 Å². The summed E-state index contributed by atoms with van der Waals surface area (Å²) in [6.45, 7) is 2.08. The van der Waals surface area contributed by atoms with Gasteiger partial charge in [0.05, 0.1) is 19.2 Å². The zero-order chi connectivity index (χ0) is 12.7. The van der Waals surface area contributed by atoms with E-state index in [1.54, 1.807) is 31.2 Å². The van der Waals surface area contributed by atoms with Gasteiger partial charge in [-0.25, -0.2) is 0 Å². The van der Waals surface area contributed by atoms with Crippen molar-refractivity contribution in [1.82, 2.24) is 5.32 Å². The number of benzene rings is 1. The fourth-order valence-corrected chi connectivity index (χ4v) is 1.42. The second-order valence-corrected chi connectivity index (χ2v) is 3.74. The Morgan fingerprint density at radius 3 is 2.71 bits per heavy atom. The minimum atomic E-state index is -0.545. The predicted molar refractivity (Wildman–Crippen MR) is 64.4 cm³/mol. The molecule has 0 bridgehead atoms. The topological polar surface area (TPSA) is 62.1 Å². The van der Waals surface area contributed by atoms with Crippen molar-refractivity contribution in [2.75, 3.05) is 13.2 Å². The van der Waals surface area contributed by atoms with Crippen LogP contribution in [0.5, 0.6) is 0 Å². The summed E-state index contributed by atoms with van der Waals surface area (Å²) in [6, 6.07) is 8.42. The third-order valence-corrected chi connectivity index (χ3v) is 2.34. The molecule has 1 aromatic carbocycles. The minimum absolute atomic E-state index is 0.00862. The first-order chi connectivity index (χ1) is 8.17. The van der Waals surface area contributed by atoms with E-state index in [1.807, 2.05) is 0 Å². The molecule has 1 rings (SSSR count). The molecule has 0 aromatic heterocycles. The van der Waals surface area contributed by atoms with Crippen molar-refractivity contribution in [3.63, 3.8) is 0 Å². The average molecular weight is 253 g/mol. The molecule has 0 saturated heterocycles. The normalized spacial score (nSPS) is 11.6. The van der Waals surface area contributed by atoms with E-state index in [0.717, 1.165) is 5.56 Å². The maximum absolute atomic E-state index is 11.1. The lowest BCUT2D eigenvalue weighted by molar-refractivity contribution is -0.142. The molecule has 0 amide bonds. The highest BCUT2D eigenvalue weighted by molar-refractivity contribution is 6.30. The van der Waals surface area contributed by atoms with Crippen LogP contribution in [0.4, 0.5) is 0 Å². The third kappa shape index (κ3) is 4.43. The number of nitriles is 1. The maximum Gasteiger partial charge on any atom is 0.319 e. The number of hydrogen-bond donors (Lipinski definition) is 1. The Balaban J connectivity index is 2.58. The largest absolute Gasteiger partial charge is 0.465 e. The van der Waals surface area contributed by atoms with Crippen LogP contribution in [0.25, 0.3) is 0 Å². The van der Waals surface area contributed by atoms with Crippen molar-refractivity contribution in [3.05, 3.63) is 34.9 Å². The quantitative estimate of drug-likeness (QED) is 0.815. The van der Waals surface area contributed by atoms with Crippen molar-refractivity contribution < 1.29 is 9.53 Å². The number of nitrogens with zero attached hydrogens (tertiary/aromatic N) is 1. The molecule has 0 radical (unpaired) electrons. The third-order valence-electron chi connectivity index (χ3n) is 2.09. The van der Waals surface area contributed by atoms with Crippen molar-refractivity contribution in [1.29, 1.82) is 5.26 Å². The molecular weight excluding hydrogens is 240 g/mol. The lowest BCUT2D eigenvalue weighted by Gasteiger charge is -2.11. The van der Waals surface area contributed by atoms with Crippen molar-refractivity contribution >= 4 is 17.6 Å². The van der Waals surface area contributed by atoms with E-state index in [-0.39, 0.29) is 12.5 Å². The Bertz CT molecular complexity index is 412. The van der Waals surface area contributed by atoms with Crippen LogP contribution in [0.3, 0.4) is 0 Å². The summed E-state index contributed by atoms with van der Waals surface area (Å²) in [5.41, 5.74) is 0.765. The number of halogens is 1. The summed E-state index contributed by atoms with van der Waals surface area (Å²) in [4.78, 5) is 11.1. The molecule has 5 heteroatoms. The number of esters is 1. The lowest BCUT2D eigenvalue weighted by Crippen LogP contribution is -2.28. The van der Waals surface area contributed by atoms with E-state index >= 15 is 0 Å². The Morgan fingerprint density at radius 2 is 2.18 bits per heavy atom. The molecule has 1 aromatic rings. The highest BCUT2D eigenvalue weighted by atomic mass is 35.5. The van der Waals surface area contributed by atoms with Crippen LogP contribution in [0.1, 0.15) is 18.5 Å². The maximum atomic E-state index is 11.1. The highest BCUT2D eigenvalue weighted by Crippen LogP contribution is 2.15. The first kappa shape index (κ1) is 13.5. The monoisotopic (exact) mass is 252 g/mol. The van der Waals surface area contributed by atoms with Gasteiger partial charge in [-0.2, -0.15) is 5.26 Å². The number of nitrogens with one attached hydrogen (secondary N) is 1. The molecule has 17 heavy (non-hydrogen) atoms. The molecule has 90 valence electrons. The zero-order valence-corrected chi connectivity index (χ0v) is 10.2. The summed E-state index contributed by atoms with van der Waals surface area (Å²) < 4.78 is 4.76. The van der Waals surface area contributed by atoms with E-state index in [9.17, 15) is 4.79 Å². The van der Waals surface area contributed by atoms with Gasteiger partial charge < -0.3 is 4.74 Å². The summed E-state index contributed by atoms with van der Waals surface area (Å²) >= 11 is 5.75. The first-order valence-corrected chi connectivity index (χ1v) is 5.59. The van der Waals surface area contributed by atoms with Crippen LogP contribution in [-0.4, -0.2) is 19.1 Å². The molecule has 0 spiro atoms. The van der Waals surface area contributed by atoms with Gasteiger partial charge in [0.2, 0.25) is 0 Å². The molecule has 0 aliphatic heterocycles. The number of carbonyl (C=O) groups excluding carboxylic acids is 1. The molecular formula is C12H13ClN2O2. The SMILES string of the molecule is CCOC(=O)CN[C@H](C#N)c1ccc(Cl)cc1. The van der Waals surface area contributed by atoms with Gasteiger partial charge in [0.25, 0.3) is 0 Å². The highest BCUT2D eigenvalue weighted by Gasteiger charge is 2.11. The van der Waals surface area contributed by atoms with Gasteiger partial charge in [-0.3, -0.25) is 10.1 Å². The molecule has 0 aliphatic rings. The van der Waals surface area contributed by atoms with Gasteiger partial charge >= 0.3 is 5.97 Å². The van der Waals surface area contributed by atoms with Gasteiger partial charge in [-0.1, -0.05) is 23.7 Å². The smallest absolute Gasteiger partial charge is 0.319 e. The second-order valence-electron chi connectivity index (χ2n) is 3.30. The van der Waals surface area contributed by atoms with E-state index in [1.165, 1.54) is 0 Å². The van der Waals surface area contributed by atoms with Crippen LogP contribution >= 0.6 is 11.6 Å². The van der Waals surface area contributed by atoms with Gasteiger partial charge in [0.1, 0.15) is 6.04 Å². The van der Waals surface area contributed by atoms with Crippen LogP contribution in [0, 0.1) is 11.3 Å². The fraction of sp³-hybridized carbons (Fsp3) is 0.333. The van der Waals surface area contributed by atoms with Crippen molar-refractivity contribution in [2.24, 2.45) is 0 Å². The van der Waals surface area contributed by atoms with Crippen molar-refractivity contribution in [3.8, 4) is 6.07 Å². The molecule has 0 fully saturated rings. The first-order valence-electron chi connectivity index (χ1n) is 5.21. The standard InChI is InChI=1S/C12H13ClN2O2/c1-2-17-12(16)8-15-11(7-14)9-3-5-10(13)6-4-9/h3-6,11,15H,2,8H2,1H3/t11-/m1/s1. The Kier molecular flexibility index (Phi) is 5.47. The Hall–Kier alpha value is -1.57.